The quantitative estimate of drug-likeness (QED) is 0.449. The number of aryl methyl sites for hydroxylation is 2. The van der Waals surface area contributed by atoms with Gasteiger partial charge in [-0.3, -0.25) is 0 Å². The van der Waals surface area contributed by atoms with Crippen LogP contribution in [0.25, 0.3) is 11.3 Å². The van der Waals surface area contributed by atoms with Crippen LogP contribution in [-0.2, 0) is 26.0 Å². The second kappa shape index (κ2) is 10.7. The summed E-state index contributed by atoms with van der Waals surface area (Å²) in [7, 11) is -3.80. The third kappa shape index (κ3) is 5.34. The van der Waals surface area contributed by atoms with Crippen LogP contribution in [0.2, 0.25) is 0 Å². The molecule has 2 saturated heterocycles. The number of hydrogen-bond donors (Lipinski definition) is 0. The Morgan fingerprint density at radius 1 is 1.03 bits per heavy atom. The molecule has 3 heterocycles. The highest BCUT2D eigenvalue weighted by molar-refractivity contribution is 7.89. The highest BCUT2D eigenvalue weighted by Gasteiger charge is 2.33. The van der Waals surface area contributed by atoms with E-state index in [1.54, 1.807) is 12.1 Å². The van der Waals surface area contributed by atoms with Crippen molar-refractivity contribution in [1.29, 1.82) is 0 Å². The molecule has 8 nitrogen and oxygen atoms in total. The lowest BCUT2D eigenvalue weighted by Gasteiger charge is -2.29. The Hall–Kier alpha value is -2.72. The zero-order valence-corrected chi connectivity index (χ0v) is 21.7. The monoisotopic (exact) mass is 511 g/mol. The van der Waals surface area contributed by atoms with Gasteiger partial charge >= 0.3 is 0 Å². The van der Waals surface area contributed by atoms with Gasteiger partial charge in [-0.1, -0.05) is 46.6 Å². The van der Waals surface area contributed by atoms with Crippen LogP contribution in [0.5, 0.6) is 0 Å². The van der Waals surface area contributed by atoms with Crippen molar-refractivity contribution >= 4 is 15.9 Å². The first-order valence-electron chi connectivity index (χ1n) is 12.5. The fraction of sp³-hybridized carbons (Fsp3) is 0.444. The summed E-state index contributed by atoms with van der Waals surface area (Å²) in [6.07, 6.45) is 1.63. The largest absolute Gasteiger partial charge is 0.378 e. The summed E-state index contributed by atoms with van der Waals surface area (Å²) >= 11 is 0. The minimum Gasteiger partial charge on any atom is -0.378 e. The molecular formula is C27H33N3O5S. The Kier molecular flexibility index (Phi) is 7.43. The maximum absolute atomic E-state index is 13.9. The van der Waals surface area contributed by atoms with Crippen molar-refractivity contribution < 1.29 is 22.4 Å². The summed E-state index contributed by atoms with van der Waals surface area (Å²) < 4.78 is 46.7. The smallest absolute Gasteiger partial charge is 0.243 e. The van der Waals surface area contributed by atoms with Crippen molar-refractivity contribution in [2.75, 3.05) is 44.4 Å². The summed E-state index contributed by atoms with van der Waals surface area (Å²) in [6, 6.07) is 15.0. The van der Waals surface area contributed by atoms with Crippen LogP contribution in [0, 0.1) is 13.8 Å². The Labute approximate surface area is 212 Å². The number of nitrogens with zero attached hydrogens (tertiary/aromatic N) is 3. The molecule has 9 heteroatoms. The zero-order valence-electron chi connectivity index (χ0n) is 20.9. The number of morpholine rings is 1. The molecule has 0 unspecified atom stereocenters. The highest BCUT2D eigenvalue weighted by atomic mass is 32.2. The number of ether oxygens (including phenoxy) is 2. The number of hydrogen-bond acceptors (Lipinski definition) is 7. The molecule has 0 bridgehead atoms. The number of benzene rings is 2. The molecule has 2 fully saturated rings. The minimum absolute atomic E-state index is 0.134. The van der Waals surface area contributed by atoms with E-state index in [4.69, 9.17) is 14.0 Å². The number of rotatable bonds is 8. The number of sulfonamides is 1. The molecule has 2 aliphatic rings. The Balaban J connectivity index is 1.57. The van der Waals surface area contributed by atoms with E-state index in [1.165, 1.54) is 4.31 Å². The SMILES string of the molecule is Cc1ccc(S(=O)(=O)N(Cc2c(-c3cccc(C)c3)noc2N2CCOCC2)C[C@H]2CCCO2)cc1. The van der Waals surface area contributed by atoms with E-state index in [0.717, 1.165) is 35.1 Å². The Bertz CT molecular complexity index is 1280. The lowest BCUT2D eigenvalue weighted by atomic mass is 10.0. The molecule has 2 aliphatic heterocycles. The average Bonchev–Trinajstić information content (AvgIpc) is 3.55. The molecule has 0 radical (unpaired) electrons. The van der Waals surface area contributed by atoms with Gasteiger partial charge in [0.15, 0.2) is 0 Å². The maximum atomic E-state index is 13.9. The molecule has 5 rings (SSSR count). The average molecular weight is 512 g/mol. The van der Waals surface area contributed by atoms with Crippen molar-refractivity contribution in [1.82, 2.24) is 9.46 Å². The van der Waals surface area contributed by atoms with E-state index in [-0.39, 0.29) is 24.1 Å². The minimum atomic E-state index is -3.80. The standard InChI is InChI=1S/C27H33N3O5S/c1-20-8-10-24(11-9-20)36(31,32)30(18-23-7-4-14-34-23)19-25-26(22-6-3-5-21(2)17-22)28-35-27(25)29-12-15-33-16-13-29/h3,5-6,8-11,17,23H,4,7,12-16,18-19H2,1-2H3/t23-/m1/s1. The molecule has 2 aromatic carbocycles. The fourth-order valence-electron chi connectivity index (χ4n) is 4.78. The van der Waals surface area contributed by atoms with Gasteiger partial charge in [0.05, 0.1) is 29.8 Å². The lowest BCUT2D eigenvalue weighted by Crippen LogP contribution is -2.39. The van der Waals surface area contributed by atoms with Gasteiger partial charge < -0.3 is 18.9 Å². The Morgan fingerprint density at radius 2 is 1.81 bits per heavy atom. The van der Waals surface area contributed by atoms with Gasteiger partial charge in [-0.15, -0.1) is 0 Å². The third-order valence-electron chi connectivity index (χ3n) is 6.78. The van der Waals surface area contributed by atoms with Gasteiger partial charge in [-0.05, 0) is 44.9 Å². The molecule has 0 aliphatic carbocycles. The molecule has 0 amide bonds. The van der Waals surface area contributed by atoms with Crippen LogP contribution in [-0.4, -0.2) is 63.4 Å². The summed E-state index contributed by atoms with van der Waals surface area (Å²) in [5, 5.41) is 4.44. The predicted octanol–water partition coefficient (Wildman–Crippen LogP) is 4.16. The zero-order chi connectivity index (χ0) is 25.1. The normalized spacial score (nSPS) is 18.8. The van der Waals surface area contributed by atoms with Crippen molar-refractivity contribution in [3.8, 4) is 11.3 Å². The van der Waals surface area contributed by atoms with Crippen LogP contribution >= 0.6 is 0 Å². The van der Waals surface area contributed by atoms with Crippen LogP contribution in [0.3, 0.4) is 0 Å². The summed E-state index contributed by atoms with van der Waals surface area (Å²) in [5.41, 5.74) is 4.43. The lowest BCUT2D eigenvalue weighted by molar-refractivity contribution is 0.0925. The van der Waals surface area contributed by atoms with Crippen molar-refractivity contribution in [3.63, 3.8) is 0 Å². The molecule has 1 aromatic heterocycles. The van der Waals surface area contributed by atoms with E-state index in [2.05, 4.69) is 10.1 Å². The third-order valence-corrected chi connectivity index (χ3v) is 8.61. The van der Waals surface area contributed by atoms with Crippen LogP contribution in [0.1, 0.15) is 29.5 Å². The maximum Gasteiger partial charge on any atom is 0.243 e. The van der Waals surface area contributed by atoms with Gasteiger partial charge in [0.1, 0.15) is 5.69 Å². The number of anilines is 1. The molecule has 36 heavy (non-hydrogen) atoms. The fourth-order valence-corrected chi connectivity index (χ4v) is 6.22. The second-order valence-corrected chi connectivity index (χ2v) is 11.5. The topological polar surface area (TPSA) is 85.1 Å². The predicted molar refractivity (Wildman–Crippen MR) is 137 cm³/mol. The molecule has 0 saturated carbocycles. The highest BCUT2D eigenvalue weighted by Crippen LogP contribution is 2.35. The van der Waals surface area contributed by atoms with E-state index in [1.807, 2.05) is 50.2 Å². The molecule has 192 valence electrons. The van der Waals surface area contributed by atoms with Crippen LogP contribution in [0.15, 0.2) is 57.9 Å². The van der Waals surface area contributed by atoms with E-state index in [0.29, 0.717) is 44.5 Å². The van der Waals surface area contributed by atoms with Crippen molar-refractivity contribution in [2.45, 2.75) is 44.2 Å². The summed E-state index contributed by atoms with van der Waals surface area (Å²) in [4.78, 5) is 2.36. The first kappa shape index (κ1) is 25.0. The molecule has 3 aromatic rings. The van der Waals surface area contributed by atoms with E-state index < -0.39 is 10.0 Å². The van der Waals surface area contributed by atoms with Gasteiger partial charge in [-0.25, -0.2) is 8.42 Å². The van der Waals surface area contributed by atoms with Crippen LogP contribution < -0.4 is 4.90 Å². The van der Waals surface area contributed by atoms with Crippen molar-refractivity contribution in [3.05, 3.63) is 65.2 Å². The van der Waals surface area contributed by atoms with Gasteiger partial charge in [0.25, 0.3) is 0 Å². The van der Waals surface area contributed by atoms with Crippen molar-refractivity contribution in [2.24, 2.45) is 0 Å². The van der Waals surface area contributed by atoms with Gasteiger partial charge in [0, 0.05) is 38.3 Å². The first-order chi connectivity index (χ1) is 17.4. The summed E-state index contributed by atoms with van der Waals surface area (Å²) in [5.74, 6) is 0.603. The van der Waals surface area contributed by atoms with E-state index in [9.17, 15) is 8.42 Å². The first-order valence-corrected chi connectivity index (χ1v) is 13.9. The van der Waals surface area contributed by atoms with Gasteiger partial charge in [-0.2, -0.15) is 4.31 Å². The Morgan fingerprint density at radius 3 is 2.50 bits per heavy atom. The van der Waals surface area contributed by atoms with Gasteiger partial charge in [0.2, 0.25) is 15.9 Å². The molecular weight excluding hydrogens is 478 g/mol. The van der Waals surface area contributed by atoms with E-state index >= 15 is 0 Å². The molecule has 0 N–H and O–H groups in total. The number of aromatic nitrogens is 1. The second-order valence-electron chi connectivity index (χ2n) is 9.53. The molecule has 1 atom stereocenters. The van der Waals surface area contributed by atoms with Crippen LogP contribution in [0.4, 0.5) is 5.88 Å². The summed E-state index contributed by atoms with van der Waals surface area (Å²) in [6.45, 7) is 7.52. The molecule has 0 spiro atoms.